The van der Waals surface area contributed by atoms with Gasteiger partial charge in [0.15, 0.2) is 11.5 Å². The first-order valence-electron chi connectivity index (χ1n) is 17.1. The lowest BCUT2D eigenvalue weighted by atomic mass is 9.91. The van der Waals surface area contributed by atoms with Gasteiger partial charge < -0.3 is 36.4 Å². The van der Waals surface area contributed by atoms with Crippen LogP contribution >= 0.6 is 0 Å². The molecule has 16 nitrogen and oxygen atoms in total. The number of nitrogens with one attached hydrogen (secondary N) is 4. The molecule has 5 heterocycles. The van der Waals surface area contributed by atoms with E-state index in [1.807, 2.05) is 36.1 Å². The van der Waals surface area contributed by atoms with Crippen LogP contribution in [0, 0.1) is 5.92 Å². The van der Waals surface area contributed by atoms with Crippen molar-refractivity contribution >= 4 is 40.6 Å². The summed E-state index contributed by atoms with van der Waals surface area (Å²) in [6, 6.07) is 11.9. The van der Waals surface area contributed by atoms with Crippen molar-refractivity contribution < 1.29 is 24.6 Å². The number of hydrogen-bond donors (Lipinski definition) is 6. The van der Waals surface area contributed by atoms with E-state index in [0.717, 1.165) is 47.5 Å². The highest BCUT2D eigenvalue weighted by Crippen LogP contribution is 2.50. The summed E-state index contributed by atoms with van der Waals surface area (Å²) in [5, 5.41) is 46.9. The highest BCUT2D eigenvalue weighted by molar-refractivity contribution is 6.01. The molecule has 16 heteroatoms. The quantitative estimate of drug-likeness (QED) is 0.125. The van der Waals surface area contributed by atoms with Crippen molar-refractivity contribution in [3.8, 4) is 11.1 Å². The number of nitrogens with zero attached hydrogens (tertiary/aromatic N) is 7. The molecule has 3 aromatic heterocycles. The number of para-hydroxylation sites is 1. The zero-order valence-corrected chi connectivity index (χ0v) is 28.8. The van der Waals surface area contributed by atoms with E-state index in [4.69, 9.17) is 5.10 Å². The van der Waals surface area contributed by atoms with Crippen molar-refractivity contribution in [3.63, 3.8) is 0 Å². The van der Waals surface area contributed by atoms with Crippen LogP contribution in [-0.2, 0) is 10.7 Å². The number of rotatable bonds is 11. The first-order chi connectivity index (χ1) is 24.5. The van der Waals surface area contributed by atoms with Gasteiger partial charge in [-0.25, -0.2) is 9.88 Å². The number of likely N-dealkylation sites (tertiary alicyclic amines) is 1. The molecular weight excluding hydrogens is 654 g/mol. The first-order valence-corrected chi connectivity index (χ1v) is 17.1. The summed E-state index contributed by atoms with van der Waals surface area (Å²) in [4.78, 5) is 45.5. The Bertz CT molecular complexity index is 2000. The minimum atomic E-state index is -2.38. The maximum atomic E-state index is 12.8. The molecule has 1 saturated carbocycles. The van der Waals surface area contributed by atoms with Crippen molar-refractivity contribution in [2.75, 3.05) is 49.3 Å². The molecule has 1 saturated heterocycles. The van der Waals surface area contributed by atoms with Crippen LogP contribution in [0.2, 0.25) is 0 Å². The molecule has 7 rings (SSSR count). The van der Waals surface area contributed by atoms with Gasteiger partial charge in [-0.3, -0.25) is 19.1 Å². The largest absolute Gasteiger partial charge is 0.364 e. The summed E-state index contributed by atoms with van der Waals surface area (Å²) in [5.74, 6) is -3.08. The average Bonchev–Trinajstić information content (AvgIpc) is 3.88. The van der Waals surface area contributed by atoms with Crippen molar-refractivity contribution in [1.82, 2.24) is 40.5 Å². The fourth-order valence-electron chi connectivity index (χ4n) is 6.83. The Morgan fingerprint density at radius 3 is 2.45 bits per heavy atom. The summed E-state index contributed by atoms with van der Waals surface area (Å²) < 4.78 is 1.97. The molecule has 1 unspecified atom stereocenters. The lowest BCUT2D eigenvalue weighted by Crippen LogP contribution is -2.59. The fraction of sp³-hybridized carbons (Fsp3) is 0.400. The fourth-order valence-corrected chi connectivity index (χ4v) is 6.83. The zero-order valence-electron chi connectivity index (χ0n) is 28.8. The maximum absolute atomic E-state index is 12.8. The van der Waals surface area contributed by atoms with Crippen molar-refractivity contribution in [3.05, 3.63) is 71.4 Å². The molecule has 3 amide bonds. The maximum Gasteiger partial charge on any atom is 0.273 e. The molecule has 0 radical (unpaired) electrons. The number of fused-ring (bicyclic) bond motifs is 3. The number of carbonyl (C=O) groups excluding carboxylic acids is 3. The summed E-state index contributed by atoms with van der Waals surface area (Å²) in [7, 11) is 3.53. The number of anilines is 4. The lowest BCUT2D eigenvalue weighted by molar-refractivity contribution is -0.302. The van der Waals surface area contributed by atoms with E-state index in [-0.39, 0.29) is 52.7 Å². The number of hydrogen-bond acceptors (Lipinski definition) is 12. The average molecular weight is 696 g/mol. The molecule has 6 N–H and O–H groups in total. The summed E-state index contributed by atoms with van der Waals surface area (Å²) in [5.41, 5.74) is 5.07. The number of aromatic nitrogens is 5. The zero-order chi connectivity index (χ0) is 36.0. The van der Waals surface area contributed by atoms with E-state index in [9.17, 15) is 24.6 Å². The topological polar surface area (TPSA) is 203 Å². The Balaban J connectivity index is 1.17. The Hall–Kier alpha value is -5.45. The van der Waals surface area contributed by atoms with E-state index in [2.05, 4.69) is 48.3 Å². The molecule has 2 fully saturated rings. The minimum Gasteiger partial charge on any atom is -0.364 e. The normalized spacial score (nSPS) is 17.2. The van der Waals surface area contributed by atoms with Gasteiger partial charge >= 0.3 is 0 Å². The highest BCUT2D eigenvalue weighted by atomic mass is 16.5. The molecule has 1 aliphatic carbocycles. The Morgan fingerprint density at radius 2 is 1.75 bits per heavy atom. The summed E-state index contributed by atoms with van der Waals surface area (Å²) in [6.45, 7) is 4.91. The van der Waals surface area contributed by atoms with Gasteiger partial charge in [0.25, 0.3) is 17.7 Å². The minimum absolute atomic E-state index is 0.0235. The Labute approximate surface area is 294 Å². The van der Waals surface area contributed by atoms with Gasteiger partial charge in [-0.1, -0.05) is 25.1 Å². The highest BCUT2D eigenvalue weighted by Gasteiger charge is 2.46. The van der Waals surface area contributed by atoms with Crippen LogP contribution < -0.4 is 26.2 Å². The molecule has 0 bridgehead atoms. The standard InChI is InChI=1S/C35H41N11O5/c1-5-26-31-22(16-38-46(31)20-17-45(18-20)35(50,51)27-12-8-11-24(40-27)33(48)37-6-2)21-9-7-10-23(30(21)44(26)4)39-25-15-28(41-32(47)19-13-14-19)42-43-29(25)34(49)36-3/h7-12,15-16,19-20,26,50-51H,5-6,13-14,17-18H2,1-4H3,(H,36,49)(H,37,48)(H2,39,41,42,47). The third kappa shape index (κ3) is 6.15. The van der Waals surface area contributed by atoms with Crippen LogP contribution in [0.5, 0.6) is 0 Å². The number of aliphatic hydroxyl groups is 2. The second-order valence-electron chi connectivity index (χ2n) is 13.0. The predicted octanol–water partition coefficient (Wildman–Crippen LogP) is 2.49. The van der Waals surface area contributed by atoms with Gasteiger partial charge in [-0.05, 0) is 44.4 Å². The SMILES string of the molecule is CCNC(=O)c1cccc(C(O)(O)N2CC(n3ncc4c3C(CC)N(C)c3c(Nc5cc(NC(=O)C6CC6)nnc5C(=O)NC)cccc3-4)C2)n1. The van der Waals surface area contributed by atoms with Gasteiger partial charge in [0.05, 0.1) is 41.0 Å². The third-order valence-corrected chi connectivity index (χ3v) is 9.70. The van der Waals surface area contributed by atoms with Crippen LogP contribution in [0.25, 0.3) is 11.1 Å². The van der Waals surface area contributed by atoms with Gasteiger partial charge in [0.1, 0.15) is 11.4 Å². The second-order valence-corrected chi connectivity index (χ2v) is 13.0. The lowest BCUT2D eigenvalue weighted by Gasteiger charge is -2.47. The van der Waals surface area contributed by atoms with Gasteiger partial charge in [0, 0.05) is 56.8 Å². The van der Waals surface area contributed by atoms with Crippen molar-refractivity contribution in [2.45, 2.75) is 51.1 Å². The molecular formula is C35H41N11O5. The molecule has 51 heavy (non-hydrogen) atoms. The third-order valence-electron chi connectivity index (χ3n) is 9.70. The van der Waals surface area contributed by atoms with Gasteiger partial charge in [0.2, 0.25) is 5.91 Å². The molecule has 1 aromatic carbocycles. The van der Waals surface area contributed by atoms with Crippen molar-refractivity contribution in [2.24, 2.45) is 5.92 Å². The monoisotopic (exact) mass is 695 g/mol. The molecule has 2 aliphatic heterocycles. The van der Waals surface area contributed by atoms with E-state index >= 15 is 0 Å². The van der Waals surface area contributed by atoms with E-state index in [1.165, 1.54) is 24.1 Å². The molecule has 3 aliphatic rings. The van der Waals surface area contributed by atoms with Crippen LogP contribution in [-0.4, -0.2) is 91.5 Å². The Kier molecular flexibility index (Phi) is 8.91. The van der Waals surface area contributed by atoms with E-state index in [1.54, 1.807) is 19.1 Å². The van der Waals surface area contributed by atoms with Gasteiger partial charge in [-0.2, -0.15) is 5.10 Å². The molecule has 0 spiro atoms. The Morgan fingerprint density at radius 1 is 0.980 bits per heavy atom. The van der Waals surface area contributed by atoms with E-state index < -0.39 is 11.8 Å². The summed E-state index contributed by atoms with van der Waals surface area (Å²) >= 11 is 0. The number of benzene rings is 1. The van der Waals surface area contributed by atoms with Crippen LogP contribution in [0.4, 0.5) is 22.9 Å². The molecule has 4 aromatic rings. The molecule has 1 atom stereocenters. The number of pyridine rings is 1. The van der Waals surface area contributed by atoms with Crippen LogP contribution in [0.15, 0.2) is 48.7 Å². The van der Waals surface area contributed by atoms with Crippen LogP contribution in [0.1, 0.15) is 77.6 Å². The van der Waals surface area contributed by atoms with Gasteiger partial charge in [-0.15, -0.1) is 10.2 Å². The van der Waals surface area contributed by atoms with E-state index in [0.29, 0.717) is 25.3 Å². The summed E-state index contributed by atoms with van der Waals surface area (Å²) in [6.07, 6.45) is 4.27. The van der Waals surface area contributed by atoms with Crippen molar-refractivity contribution in [1.29, 1.82) is 0 Å². The first kappa shape index (κ1) is 34.0. The number of amides is 3. The smallest absolute Gasteiger partial charge is 0.273 e. The van der Waals surface area contributed by atoms with Crippen LogP contribution in [0.3, 0.4) is 0 Å². The molecule has 266 valence electrons. The number of carbonyl (C=O) groups is 3. The second kappa shape index (κ2) is 13.4. The predicted molar refractivity (Wildman–Crippen MR) is 188 cm³/mol.